The van der Waals surface area contributed by atoms with Crippen molar-refractivity contribution in [1.29, 1.82) is 0 Å². The quantitative estimate of drug-likeness (QED) is 0.627. The van der Waals surface area contributed by atoms with Crippen LogP contribution in [0, 0.1) is 0 Å². The molecule has 0 saturated heterocycles. The number of nitrogens with one attached hydrogen (secondary N) is 1. The van der Waals surface area contributed by atoms with Gasteiger partial charge in [-0.1, -0.05) is 26.7 Å². The highest BCUT2D eigenvalue weighted by atomic mass is 79.9. The lowest BCUT2D eigenvalue weighted by Gasteiger charge is -2.15. The van der Waals surface area contributed by atoms with Crippen LogP contribution in [0.25, 0.3) is 0 Å². The molecule has 0 spiro atoms. The Bertz CT molecular complexity index is 339. The first-order valence-electron chi connectivity index (χ1n) is 7.22. The lowest BCUT2D eigenvalue weighted by Crippen LogP contribution is -2.23. The first kappa shape index (κ1) is 17.2. The maximum Gasteiger partial charge on any atom is 0.0701 e. The van der Waals surface area contributed by atoms with Crippen molar-refractivity contribution in [2.45, 2.75) is 52.1 Å². The summed E-state index contributed by atoms with van der Waals surface area (Å²) in [6.45, 7) is 7.84. The average Bonchev–Trinajstić information content (AvgIpc) is 2.73. The van der Waals surface area contributed by atoms with Crippen molar-refractivity contribution in [3.8, 4) is 0 Å². The zero-order chi connectivity index (χ0) is 14.1. The first-order chi connectivity index (χ1) is 9.08. The summed E-state index contributed by atoms with van der Waals surface area (Å²) in [5.74, 6) is 0. The van der Waals surface area contributed by atoms with Gasteiger partial charge in [-0.15, -0.1) is 11.3 Å². The summed E-state index contributed by atoms with van der Waals surface area (Å²) < 4.78 is 1.23. The molecule has 0 radical (unpaired) electrons. The number of unbranched alkanes of at least 4 members (excludes halogenated alkanes) is 3. The summed E-state index contributed by atoms with van der Waals surface area (Å²) in [4.78, 5) is 2.42. The number of nitrogens with zero attached hydrogens (tertiary/aromatic N) is 1. The number of thiophene rings is 1. The van der Waals surface area contributed by atoms with Crippen LogP contribution in [-0.2, 0) is 6.54 Å². The summed E-state index contributed by atoms with van der Waals surface area (Å²) in [6, 6.07) is 2.84. The molecule has 2 nitrogen and oxygen atoms in total. The fourth-order valence-corrected chi connectivity index (χ4v) is 3.27. The molecule has 0 aromatic carbocycles. The van der Waals surface area contributed by atoms with Crippen LogP contribution in [0.15, 0.2) is 15.2 Å². The van der Waals surface area contributed by atoms with E-state index in [0.717, 1.165) is 13.1 Å². The van der Waals surface area contributed by atoms with E-state index in [4.69, 9.17) is 0 Å². The lowest BCUT2D eigenvalue weighted by molar-refractivity contribution is 0.317. The third kappa shape index (κ3) is 8.79. The van der Waals surface area contributed by atoms with Gasteiger partial charge in [-0.05, 0) is 65.9 Å². The Morgan fingerprint density at radius 1 is 1.26 bits per heavy atom. The molecule has 0 aliphatic rings. The third-order valence-corrected chi connectivity index (χ3v) is 4.65. The summed E-state index contributed by atoms with van der Waals surface area (Å²) in [5.41, 5.74) is 1.42. The maximum atomic E-state index is 3.51. The second-order valence-corrected chi connectivity index (χ2v) is 7.81. The molecule has 1 N–H and O–H groups in total. The van der Waals surface area contributed by atoms with Crippen molar-refractivity contribution in [2.75, 3.05) is 20.1 Å². The van der Waals surface area contributed by atoms with Gasteiger partial charge in [0.15, 0.2) is 0 Å². The topological polar surface area (TPSA) is 15.3 Å². The Balaban J connectivity index is 1.97. The van der Waals surface area contributed by atoms with Gasteiger partial charge < -0.3 is 10.2 Å². The minimum Gasteiger partial charge on any atom is -0.315 e. The van der Waals surface area contributed by atoms with E-state index in [1.54, 1.807) is 11.3 Å². The van der Waals surface area contributed by atoms with Gasteiger partial charge in [0.2, 0.25) is 0 Å². The van der Waals surface area contributed by atoms with Crippen molar-refractivity contribution < 1.29 is 0 Å². The highest BCUT2D eigenvalue weighted by Gasteiger charge is 2.02. The van der Waals surface area contributed by atoms with Gasteiger partial charge in [0, 0.05) is 12.6 Å². The largest absolute Gasteiger partial charge is 0.315 e. The van der Waals surface area contributed by atoms with Gasteiger partial charge in [-0.2, -0.15) is 0 Å². The van der Waals surface area contributed by atoms with Gasteiger partial charge in [-0.25, -0.2) is 0 Å². The minimum absolute atomic E-state index is 0.621. The van der Waals surface area contributed by atoms with Crippen LogP contribution in [0.2, 0.25) is 0 Å². The van der Waals surface area contributed by atoms with E-state index in [1.807, 2.05) is 0 Å². The van der Waals surface area contributed by atoms with E-state index in [2.05, 4.69) is 58.5 Å². The molecule has 0 aliphatic heterocycles. The molecule has 1 aromatic heterocycles. The third-order valence-electron chi connectivity index (χ3n) is 3.09. The van der Waals surface area contributed by atoms with E-state index in [0.29, 0.717) is 6.04 Å². The predicted octanol–water partition coefficient (Wildman–Crippen LogP) is 4.50. The molecule has 1 rings (SSSR count). The Morgan fingerprint density at radius 3 is 2.63 bits per heavy atom. The molecule has 0 saturated carbocycles. The molecule has 1 aromatic rings. The zero-order valence-corrected chi connectivity index (χ0v) is 14.8. The smallest absolute Gasteiger partial charge is 0.0701 e. The number of hydrogen-bond acceptors (Lipinski definition) is 3. The summed E-state index contributed by atoms with van der Waals surface area (Å²) >= 11 is 5.28. The van der Waals surface area contributed by atoms with E-state index in [9.17, 15) is 0 Å². The molecule has 110 valence electrons. The molecule has 0 aliphatic carbocycles. The van der Waals surface area contributed by atoms with Crippen LogP contribution in [0.1, 0.15) is 45.1 Å². The normalized spacial score (nSPS) is 11.7. The Kier molecular flexibility index (Phi) is 8.95. The molecule has 0 unspecified atom stereocenters. The number of hydrogen-bond donors (Lipinski definition) is 1. The van der Waals surface area contributed by atoms with Crippen molar-refractivity contribution in [1.82, 2.24) is 10.2 Å². The van der Waals surface area contributed by atoms with Crippen molar-refractivity contribution in [3.63, 3.8) is 0 Å². The van der Waals surface area contributed by atoms with Gasteiger partial charge in [0.1, 0.15) is 0 Å². The summed E-state index contributed by atoms with van der Waals surface area (Å²) in [5, 5.41) is 5.70. The lowest BCUT2D eigenvalue weighted by atomic mass is 10.2. The van der Waals surface area contributed by atoms with Crippen LogP contribution >= 0.6 is 27.3 Å². The molecular weight excluding hydrogens is 320 g/mol. The molecule has 0 atom stereocenters. The van der Waals surface area contributed by atoms with Gasteiger partial charge in [0.25, 0.3) is 0 Å². The van der Waals surface area contributed by atoms with Crippen LogP contribution in [0.5, 0.6) is 0 Å². The molecule has 0 fully saturated rings. The number of rotatable bonds is 10. The van der Waals surface area contributed by atoms with Crippen molar-refractivity contribution >= 4 is 27.3 Å². The molecule has 0 bridgehead atoms. The number of halogens is 1. The second-order valence-electron chi connectivity index (χ2n) is 5.52. The highest BCUT2D eigenvalue weighted by molar-refractivity contribution is 9.11. The Morgan fingerprint density at radius 2 is 2.00 bits per heavy atom. The van der Waals surface area contributed by atoms with Crippen LogP contribution < -0.4 is 5.32 Å². The summed E-state index contributed by atoms with van der Waals surface area (Å²) in [7, 11) is 2.21. The van der Waals surface area contributed by atoms with Crippen LogP contribution in [0.3, 0.4) is 0 Å². The van der Waals surface area contributed by atoms with Gasteiger partial charge >= 0.3 is 0 Å². The molecule has 0 amide bonds. The summed E-state index contributed by atoms with van der Waals surface area (Å²) in [6.07, 6.45) is 5.30. The van der Waals surface area contributed by atoms with Crippen LogP contribution in [0.4, 0.5) is 0 Å². The molecule has 1 heterocycles. The van der Waals surface area contributed by atoms with E-state index >= 15 is 0 Å². The Labute approximate surface area is 130 Å². The SMILES string of the molecule is CC(C)NCCCCCCN(C)Cc1csc(Br)c1. The fourth-order valence-electron chi connectivity index (χ4n) is 2.07. The predicted molar refractivity (Wildman–Crippen MR) is 90.0 cm³/mol. The molecule has 4 heteroatoms. The standard InChI is InChI=1S/C15H27BrN2S/c1-13(2)17-8-6-4-5-7-9-18(3)11-14-10-15(16)19-12-14/h10,12-13,17H,4-9,11H2,1-3H3. The van der Waals surface area contributed by atoms with E-state index < -0.39 is 0 Å². The van der Waals surface area contributed by atoms with Crippen molar-refractivity contribution in [3.05, 3.63) is 20.8 Å². The van der Waals surface area contributed by atoms with E-state index in [1.165, 1.54) is 41.6 Å². The minimum atomic E-state index is 0.621. The second kappa shape index (κ2) is 9.92. The maximum absolute atomic E-state index is 3.51. The fraction of sp³-hybridized carbons (Fsp3) is 0.733. The van der Waals surface area contributed by atoms with Crippen LogP contribution in [-0.4, -0.2) is 31.1 Å². The highest BCUT2D eigenvalue weighted by Crippen LogP contribution is 2.21. The first-order valence-corrected chi connectivity index (χ1v) is 8.90. The zero-order valence-electron chi connectivity index (χ0n) is 12.4. The molecule has 19 heavy (non-hydrogen) atoms. The van der Waals surface area contributed by atoms with E-state index in [-0.39, 0.29) is 0 Å². The average molecular weight is 347 g/mol. The van der Waals surface area contributed by atoms with Gasteiger partial charge in [-0.3, -0.25) is 0 Å². The molecular formula is C15H27BrN2S. The Hall–Kier alpha value is 0.100. The van der Waals surface area contributed by atoms with Gasteiger partial charge in [0.05, 0.1) is 3.79 Å². The monoisotopic (exact) mass is 346 g/mol. The van der Waals surface area contributed by atoms with Crippen molar-refractivity contribution in [2.24, 2.45) is 0 Å².